The molecule has 1 N–H and O–H groups in total. The number of hydrogen-bond donors (Lipinski definition) is 1. The summed E-state index contributed by atoms with van der Waals surface area (Å²) in [6, 6.07) is 0. The number of nitrogens with one attached hydrogen (secondary N) is 1. The van der Waals surface area contributed by atoms with Gasteiger partial charge in [0.05, 0.1) is 5.51 Å². The highest BCUT2D eigenvalue weighted by molar-refractivity contribution is 7.07. The topological polar surface area (TPSA) is 53.8 Å². The molecule has 3 nitrogen and oxygen atoms in total. The quantitative estimate of drug-likeness (QED) is 0.522. The molecule has 0 amide bonds. The zero-order valence-corrected chi connectivity index (χ0v) is 4.31. The van der Waals surface area contributed by atoms with Crippen molar-refractivity contribution in [3.63, 3.8) is 0 Å². The Balaban J connectivity index is 0.000000162. The highest BCUT2D eigenvalue weighted by Crippen LogP contribution is 1.85. The Morgan fingerprint density at radius 3 is 2.43 bits per heavy atom. The van der Waals surface area contributed by atoms with Gasteiger partial charge in [0.25, 0.3) is 0 Å². The number of hydrogen-bond acceptors (Lipinski definition) is 4. The summed E-state index contributed by atoms with van der Waals surface area (Å²) in [5, 5.41) is 1.93. The first-order valence-corrected chi connectivity index (χ1v) is 2.47. The van der Waals surface area contributed by atoms with Crippen LogP contribution in [0.15, 0.2) is 17.1 Å². The summed E-state index contributed by atoms with van der Waals surface area (Å²) >= 11 is 1.60. The van der Waals surface area contributed by atoms with Crippen molar-refractivity contribution in [3.05, 3.63) is 22.0 Å². The number of rotatable bonds is 0. The Labute approximate surface area is 44.8 Å². The van der Waals surface area contributed by atoms with Gasteiger partial charge in [0.2, 0.25) is 0 Å². The summed E-state index contributed by atoms with van der Waals surface area (Å²) in [6.45, 7) is 0. The van der Waals surface area contributed by atoms with E-state index in [-0.39, 0.29) is 0 Å². The minimum absolute atomic E-state index is 1.60. The molecule has 0 aliphatic carbocycles. The van der Waals surface area contributed by atoms with E-state index in [2.05, 4.69) is 10.6 Å². The first-order valence-electron chi connectivity index (χ1n) is 1.53. The number of nitroso groups, excluding NO2 is 1. The third-order valence-electron chi connectivity index (χ3n) is 0.347. The predicted molar refractivity (Wildman–Crippen MR) is 28.2 cm³/mol. The predicted octanol–water partition coefficient (Wildman–Crippen LogP) is 1.47. The SMILES string of the molecule is N=O.c1cscn1. The normalized spacial score (nSPS) is 6.29. The zero-order valence-electron chi connectivity index (χ0n) is 3.50. The maximum Gasteiger partial charge on any atom is 0.0791 e. The van der Waals surface area contributed by atoms with Crippen molar-refractivity contribution in [1.29, 1.82) is 5.59 Å². The first-order chi connectivity index (χ1) is 3.50. The Kier molecular flexibility index (Phi) is 4.65. The molecule has 0 radical (unpaired) electrons. The van der Waals surface area contributed by atoms with Crippen LogP contribution in [0.2, 0.25) is 0 Å². The number of aromatic nitrogens is 1. The largest absolute Gasteiger partial charge is 0.253 e. The zero-order chi connectivity index (χ0) is 5.54. The molecule has 0 atom stereocenters. The van der Waals surface area contributed by atoms with Gasteiger partial charge in [0.15, 0.2) is 0 Å². The van der Waals surface area contributed by atoms with Gasteiger partial charge in [0.1, 0.15) is 0 Å². The van der Waals surface area contributed by atoms with Crippen LogP contribution in [-0.4, -0.2) is 4.98 Å². The lowest BCUT2D eigenvalue weighted by Crippen LogP contribution is -1.38. The van der Waals surface area contributed by atoms with Gasteiger partial charge in [-0.2, -0.15) is 4.91 Å². The van der Waals surface area contributed by atoms with E-state index >= 15 is 0 Å². The Hall–Kier alpha value is -0.770. The molecule has 0 bridgehead atoms. The Morgan fingerprint density at radius 1 is 1.57 bits per heavy atom. The van der Waals surface area contributed by atoms with Crippen molar-refractivity contribution in [2.75, 3.05) is 0 Å². The monoisotopic (exact) mass is 116 g/mol. The smallest absolute Gasteiger partial charge is 0.0791 e. The third kappa shape index (κ3) is 3.05. The molecule has 0 aromatic carbocycles. The lowest BCUT2D eigenvalue weighted by molar-refractivity contribution is 1.43. The molecule has 0 aliphatic rings. The fraction of sp³-hybridized carbons (Fsp3) is 0. The van der Waals surface area contributed by atoms with Crippen LogP contribution in [0.4, 0.5) is 0 Å². The summed E-state index contributed by atoms with van der Waals surface area (Å²) in [4.78, 5) is 11.2. The Morgan fingerprint density at radius 2 is 2.29 bits per heavy atom. The molecule has 1 rings (SSSR count). The van der Waals surface area contributed by atoms with Crippen molar-refractivity contribution in [1.82, 2.24) is 4.98 Å². The minimum Gasteiger partial charge on any atom is -0.253 e. The molecular formula is C3H4N2OS. The van der Waals surface area contributed by atoms with Gasteiger partial charge >= 0.3 is 0 Å². The van der Waals surface area contributed by atoms with Gasteiger partial charge in [-0.1, -0.05) is 5.59 Å². The highest BCUT2D eigenvalue weighted by Gasteiger charge is 1.59. The van der Waals surface area contributed by atoms with Crippen LogP contribution in [0.1, 0.15) is 0 Å². The number of nitrogens with zero attached hydrogens (tertiary/aromatic N) is 1. The van der Waals surface area contributed by atoms with Crippen LogP contribution in [0, 0.1) is 10.5 Å². The van der Waals surface area contributed by atoms with E-state index in [9.17, 15) is 0 Å². The van der Waals surface area contributed by atoms with E-state index in [4.69, 9.17) is 4.91 Å². The maximum atomic E-state index is 7.50. The van der Waals surface area contributed by atoms with Gasteiger partial charge in [-0.25, -0.2) is 0 Å². The molecule has 0 saturated carbocycles. The van der Waals surface area contributed by atoms with Crippen LogP contribution in [0.3, 0.4) is 0 Å². The van der Waals surface area contributed by atoms with Crippen molar-refractivity contribution >= 4 is 11.3 Å². The standard InChI is InChI=1S/C3H3NS.HNO/c1-2-5-3-4-1;1-2/h1-3H;1H. The molecule has 0 aliphatic heterocycles. The van der Waals surface area contributed by atoms with Gasteiger partial charge in [-0.15, -0.1) is 11.3 Å². The minimum atomic E-state index is 1.60. The first kappa shape index (κ1) is 6.23. The lowest BCUT2D eigenvalue weighted by atomic mass is 11.0. The van der Waals surface area contributed by atoms with Crippen LogP contribution in [-0.2, 0) is 0 Å². The summed E-state index contributed by atoms with van der Waals surface area (Å²) in [5.41, 5.74) is 6.29. The van der Waals surface area contributed by atoms with Gasteiger partial charge < -0.3 is 0 Å². The molecule has 4 heteroatoms. The second-order valence-electron chi connectivity index (χ2n) is 0.676. The van der Waals surface area contributed by atoms with Crippen LogP contribution >= 0.6 is 11.3 Å². The molecule has 0 spiro atoms. The molecular weight excluding hydrogens is 112 g/mol. The number of thiazole rings is 1. The van der Waals surface area contributed by atoms with Crippen molar-refractivity contribution in [3.8, 4) is 0 Å². The fourth-order valence-electron chi connectivity index (χ4n) is 0.176. The van der Waals surface area contributed by atoms with Gasteiger partial charge in [-0.05, 0) is 0 Å². The average molecular weight is 116 g/mol. The molecule has 0 saturated heterocycles. The fourth-order valence-corrected chi connectivity index (χ4v) is 0.527. The summed E-state index contributed by atoms with van der Waals surface area (Å²) in [7, 11) is 0. The molecule has 0 fully saturated rings. The molecule has 7 heavy (non-hydrogen) atoms. The highest BCUT2D eigenvalue weighted by atomic mass is 32.1. The summed E-state index contributed by atoms with van der Waals surface area (Å²) in [6.07, 6.45) is 1.77. The molecule has 0 unspecified atom stereocenters. The van der Waals surface area contributed by atoms with Gasteiger partial charge in [0, 0.05) is 11.6 Å². The summed E-state index contributed by atoms with van der Waals surface area (Å²) < 4.78 is 0. The molecule has 1 aromatic rings. The van der Waals surface area contributed by atoms with E-state index in [1.165, 1.54) is 0 Å². The lowest BCUT2D eigenvalue weighted by Gasteiger charge is -1.41. The van der Waals surface area contributed by atoms with Crippen LogP contribution < -0.4 is 0 Å². The van der Waals surface area contributed by atoms with Crippen LogP contribution in [0.5, 0.6) is 0 Å². The molecule has 1 heterocycles. The second-order valence-corrected chi connectivity index (χ2v) is 1.43. The average Bonchev–Trinajstić information content (AvgIpc) is 2.23. The van der Waals surface area contributed by atoms with Crippen molar-refractivity contribution < 1.29 is 0 Å². The van der Waals surface area contributed by atoms with Gasteiger partial charge in [-0.3, -0.25) is 4.98 Å². The third-order valence-corrected chi connectivity index (χ3v) is 0.869. The van der Waals surface area contributed by atoms with E-state index in [0.29, 0.717) is 0 Å². The molecule has 38 valence electrons. The molecule has 1 aromatic heterocycles. The van der Waals surface area contributed by atoms with Crippen LogP contribution in [0.25, 0.3) is 0 Å². The van der Waals surface area contributed by atoms with Crippen molar-refractivity contribution in [2.45, 2.75) is 0 Å². The van der Waals surface area contributed by atoms with E-state index in [1.54, 1.807) is 23.0 Å². The Bertz CT molecular complexity index is 79.8. The second kappa shape index (κ2) is 5.23. The van der Waals surface area contributed by atoms with E-state index < -0.39 is 0 Å². The maximum absolute atomic E-state index is 7.50. The summed E-state index contributed by atoms with van der Waals surface area (Å²) in [5.74, 6) is 0. The van der Waals surface area contributed by atoms with Crippen molar-refractivity contribution in [2.24, 2.45) is 0 Å². The van der Waals surface area contributed by atoms with E-state index in [1.807, 2.05) is 5.38 Å². The van der Waals surface area contributed by atoms with E-state index in [0.717, 1.165) is 0 Å².